The summed E-state index contributed by atoms with van der Waals surface area (Å²) in [5, 5.41) is 2.96. The molecule has 0 bridgehead atoms. The Morgan fingerprint density at radius 1 is 0.938 bits per heavy atom. The molecular weight excluding hydrogens is 455 g/mol. The Morgan fingerprint density at radius 2 is 1.72 bits per heavy atom. The van der Waals surface area contributed by atoms with Crippen LogP contribution in [0.25, 0.3) is 10.1 Å². The van der Waals surface area contributed by atoms with Crippen LogP contribution < -0.4 is 4.90 Å². The van der Waals surface area contributed by atoms with E-state index in [4.69, 9.17) is 23.2 Å². The molecule has 0 radical (unpaired) electrons. The molecule has 2 heterocycles. The molecule has 1 saturated heterocycles. The molecule has 0 spiro atoms. The van der Waals surface area contributed by atoms with E-state index >= 15 is 0 Å². The normalized spacial score (nSPS) is 17.2. The smallest absolute Gasteiger partial charge is 0.0670 e. The van der Waals surface area contributed by atoms with Crippen LogP contribution in [-0.2, 0) is 6.54 Å². The van der Waals surface area contributed by atoms with E-state index in [0.717, 1.165) is 41.9 Å². The minimum atomic E-state index is 0.218. The Bertz CT molecular complexity index is 1250. The van der Waals surface area contributed by atoms with Crippen LogP contribution in [0, 0.1) is 13.8 Å². The first-order valence-electron chi connectivity index (χ1n) is 11.0. The molecule has 2 nitrogen and oxygen atoms in total. The lowest BCUT2D eigenvalue weighted by molar-refractivity contribution is 0.217. The van der Waals surface area contributed by atoms with Crippen molar-refractivity contribution in [3.05, 3.63) is 98.3 Å². The zero-order valence-electron chi connectivity index (χ0n) is 18.3. The fourth-order valence-corrected chi connectivity index (χ4v) is 6.39. The number of benzene rings is 3. The van der Waals surface area contributed by atoms with E-state index in [0.29, 0.717) is 0 Å². The number of hydrogen-bond acceptors (Lipinski definition) is 3. The van der Waals surface area contributed by atoms with Crippen molar-refractivity contribution in [3.8, 4) is 0 Å². The quantitative estimate of drug-likeness (QED) is 0.292. The fourth-order valence-electron chi connectivity index (χ4n) is 4.67. The zero-order valence-corrected chi connectivity index (χ0v) is 20.6. The lowest BCUT2D eigenvalue weighted by Gasteiger charge is -2.43. The van der Waals surface area contributed by atoms with Crippen molar-refractivity contribution in [2.75, 3.05) is 24.5 Å². The number of aryl methyl sites for hydroxylation is 2. The molecule has 0 amide bonds. The van der Waals surface area contributed by atoms with Gasteiger partial charge in [-0.2, -0.15) is 0 Å². The van der Waals surface area contributed by atoms with E-state index < -0.39 is 0 Å². The third-order valence-electron chi connectivity index (χ3n) is 6.44. The Balaban J connectivity index is 1.45. The number of rotatable bonds is 4. The number of piperazine rings is 1. The van der Waals surface area contributed by atoms with Gasteiger partial charge in [0.15, 0.2) is 0 Å². The Kier molecular flexibility index (Phi) is 6.18. The predicted molar refractivity (Wildman–Crippen MR) is 140 cm³/mol. The highest BCUT2D eigenvalue weighted by Crippen LogP contribution is 2.37. The monoisotopic (exact) mass is 480 g/mol. The van der Waals surface area contributed by atoms with Crippen molar-refractivity contribution in [1.29, 1.82) is 0 Å². The van der Waals surface area contributed by atoms with Gasteiger partial charge in [0, 0.05) is 40.8 Å². The fraction of sp³-hybridized carbons (Fsp3) is 0.259. The molecule has 1 aliphatic heterocycles. The van der Waals surface area contributed by atoms with Crippen LogP contribution in [0.1, 0.15) is 27.6 Å². The minimum absolute atomic E-state index is 0.218. The summed E-state index contributed by atoms with van der Waals surface area (Å²) in [5.74, 6) is 0. The Labute approximate surface area is 204 Å². The standard InChI is InChI=1S/C27H26Cl2N2S/c1-18-7-12-24(23(29)15-18)31-14-13-30(16-25(31)20-8-10-21(28)11-9-20)17-27-19(2)22-5-3-4-6-26(22)32-27/h3-12,15,25H,13-14,16-17H2,1-2H3. The third-order valence-corrected chi connectivity index (χ3v) is 8.25. The molecule has 1 atom stereocenters. The van der Waals surface area contributed by atoms with Gasteiger partial charge in [0.25, 0.3) is 0 Å². The van der Waals surface area contributed by atoms with Gasteiger partial charge >= 0.3 is 0 Å². The molecule has 4 aromatic rings. The first-order valence-corrected chi connectivity index (χ1v) is 12.5. The molecule has 0 saturated carbocycles. The lowest BCUT2D eigenvalue weighted by Crippen LogP contribution is -2.48. The molecule has 5 heteroatoms. The SMILES string of the molecule is Cc1ccc(N2CCN(Cc3sc4ccccc4c3C)CC2c2ccc(Cl)cc2)c(Cl)c1. The van der Waals surface area contributed by atoms with Gasteiger partial charge in [0.2, 0.25) is 0 Å². The third kappa shape index (κ3) is 4.27. The Hall–Kier alpha value is -2.04. The second-order valence-electron chi connectivity index (χ2n) is 8.60. The molecule has 164 valence electrons. The maximum Gasteiger partial charge on any atom is 0.0670 e. The van der Waals surface area contributed by atoms with Crippen LogP contribution in [0.2, 0.25) is 10.0 Å². The van der Waals surface area contributed by atoms with Gasteiger partial charge in [-0.3, -0.25) is 4.90 Å². The largest absolute Gasteiger partial charge is 0.361 e. The lowest BCUT2D eigenvalue weighted by atomic mass is 10.0. The van der Waals surface area contributed by atoms with Crippen LogP contribution >= 0.6 is 34.5 Å². The number of hydrogen-bond donors (Lipinski definition) is 0. The Morgan fingerprint density at radius 3 is 2.47 bits per heavy atom. The van der Waals surface area contributed by atoms with E-state index in [-0.39, 0.29) is 6.04 Å². The van der Waals surface area contributed by atoms with E-state index in [2.05, 4.69) is 78.2 Å². The van der Waals surface area contributed by atoms with Crippen LogP contribution in [-0.4, -0.2) is 24.5 Å². The van der Waals surface area contributed by atoms with Gasteiger partial charge in [-0.15, -0.1) is 11.3 Å². The highest BCUT2D eigenvalue weighted by molar-refractivity contribution is 7.19. The van der Waals surface area contributed by atoms with Crippen molar-refractivity contribution < 1.29 is 0 Å². The maximum absolute atomic E-state index is 6.70. The topological polar surface area (TPSA) is 6.48 Å². The van der Waals surface area contributed by atoms with E-state index in [1.807, 2.05) is 23.5 Å². The summed E-state index contributed by atoms with van der Waals surface area (Å²) in [6, 6.07) is 23.6. The molecule has 1 aliphatic rings. The molecule has 1 fully saturated rings. The molecular formula is C27H26Cl2N2S. The molecule has 1 unspecified atom stereocenters. The summed E-state index contributed by atoms with van der Waals surface area (Å²) >= 11 is 14.8. The van der Waals surface area contributed by atoms with E-state index in [1.165, 1.54) is 31.7 Å². The van der Waals surface area contributed by atoms with E-state index in [9.17, 15) is 0 Å². The zero-order chi connectivity index (χ0) is 22.2. The first-order chi connectivity index (χ1) is 15.5. The van der Waals surface area contributed by atoms with Crippen molar-refractivity contribution in [1.82, 2.24) is 4.90 Å². The summed E-state index contributed by atoms with van der Waals surface area (Å²) in [5.41, 5.74) is 4.97. The van der Waals surface area contributed by atoms with Crippen molar-refractivity contribution in [3.63, 3.8) is 0 Å². The molecule has 3 aromatic carbocycles. The number of nitrogens with zero attached hydrogens (tertiary/aromatic N) is 2. The number of fused-ring (bicyclic) bond motifs is 1. The van der Waals surface area contributed by atoms with Crippen molar-refractivity contribution in [2.24, 2.45) is 0 Å². The van der Waals surface area contributed by atoms with Gasteiger partial charge in [-0.25, -0.2) is 0 Å². The summed E-state index contributed by atoms with van der Waals surface area (Å²) in [4.78, 5) is 6.50. The van der Waals surface area contributed by atoms with Crippen LogP contribution in [0.15, 0.2) is 66.7 Å². The predicted octanol–water partition coefficient (Wildman–Crippen LogP) is 7.89. The summed E-state index contributed by atoms with van der Waals surface area (Å²) < 4.78 is 1.37. The summed E-state index contributed by atoms with van der Waals surface area (Å²) in [6.07, 6.45) is 0. The first kappa shape index (κ1) is 21.8. The van der Waals surface area contributed by atoms with Crippen molar-refractivity contribution >= 4 is 50.3 Å². The van der Waals surface area contributed by atoms with Gasteiger partial charge in [-0.05, 0) is 66.3 Å². The van der Waals surface area contributed by atoms with Gasteiger partial charge in [0.05, 0.1) is 16.8 Å². The summed E-state index contributed by atoms with van der Waals surface area (Å²) in [6.45, 7) is 8.19. The van der Waals surface area contributed by atoms with Crippen LogP contribution in [0.5, 0.6) is 0 Å². The van der Waals surface area contributed by atoms with E-state index in [1.54, 1.807) is 0 Å². The summed E-state index contributed by atoms with van der Waals surface area (Å²) in [7, 11) is 0. The second-order valence-corrected chi connectivity index (χ2v) is 10.6. The number of halogens is 2. The van der Waals surface area contributed by atoms with Gasteiger partial charge in [-0.1, -0.05) is 59.6 Å². The highest BCUT2D eigenvalue weighted by atomic mass is 35.5. The molecule has 0 N–H and O–H groups in total. The molecule has 1 aromatic heterocycles. The number of anilines is 1. The number of thiophene rings is 1. The molecule has 0 aliphatic carbocycles. The average molecular weight is 481 g/mol. The van der Waals surface area contributed by atoms with Crippen LogP contribution in [0.3, 0.4) is 0 Å². The maximum atomic E-state index is 6.70. The molecule has 32 heavy (non-hydrogen) atoms. The highest BCUT2D eigenvalue weighted by Gasteiger charge is 2.30. The second kappa shape index (κ2) is 9.07. The average Bonchev–Trinajstić information content (AvgIpc) is 3.10. The minimum Gasteiger partial charge on any atom is -0.361 e. The molecule has 5 rings (SSSR count). The van der Waals surface area contributed by atoms with Gasteiger partial charge in [0.1, 0.15) is 0 Å². The van der Waals surface area contributed by atoms with Crippen LogP contribution in [0.4, 0.5) is 5.69 Å². The van der Waals surface area contributed by atoms with Crippen molar-refractivity contribution in [2.45, 2.75) is 26.4 Å². The van der Waals surface area contributed by atoms with Gasteiger partial charge < -0.3 is 4.90 Å².